The fourth-order valence-electron chi connectivity index (χ4n) is 3.78. The topological polar surface area (TPSA) is 63.2 Å². The summed E-state index contributed by atoms with van der Waals surface area (Å²) in [5.74, 6) is 0.453. The highest BCUT2D eigenvalue weighted by Gasteiger charge is 2.34. The molecule has 1 aliphatic heterocycles. The van der Waals surface area contributed by atoms with Crippen LogP contribution in [0.2, 0.25) is 5.02 Å². The molecule has 4 aromatic rings. The highest BCUT2D eigenvalue weighted by molar-refractivity contribution is 7.99. The van der Waals surface area contributed by atoms with Gasteiger partial charge in [-0.3, -0.25) is 14.5 Å². The van der Waals surface area contributed by atoms with E-state index in [9.17, 15) is 9.59 Å². The molecule has 2 aromatic carbocycles. The monoisotopic (exact) mass is 479 g/mol. The molecule has 5 nitrogen and oxygen atoms in total. The lowest BCUT2D eigenvalue weighted by Crippen LogP contribution is -2.30. The molecule has 0 radical (unpaired) electrons. The Labute approximate surface area is 198 Å². The second kappa shape index (κ2) is 9.02. The number of amides is 2. The van der Waals surface area contributed by atoms with Crippen LogP contribution in [-0.4, -0.2) is 39.0 Å². The highest BCUT2D eigenvalue weighted by atomic mass is 35.5. The van der Waals surface area contributed by atoms with Crippen LogP contribution in [0.5, 0.6) is 0 Å². The number of hydrogen-bond acceptors (Lipinski definition) is 6. The van der Waals surface area contributed by atoms with E-state index in [-0.39, 0.29) is 11.8 Å². The van der Waals surface area contributed by atoms with Crippen molar-refractivity contribution >= 4 is 56.7 Å². The summed E-state index contributed by atoms with van der Waals surface area (Å²) in [5.41, 5.74) is 3.20. The molecule has 5 rings (SSSR count). The lowest BCUT2D eigenvalue weighted by atomic mass is 10.1. The van der Waals surface area contributed by atoms with Gasteiger partial charge in [0.1, 0.15) is 16.2 Å². The van der Waals surface area contributed by atoms with Crippen molar-refractivity contribution in [2.75, 3.05) is 12.3 Å². The number of imide groups is 1. The molecule has 3 heterocycles. The molecule has 160 valence electrons. The van der Waals surface area contributed by atoms with Crippen LogP contribution in [0, 0.1) is 0 Å². The van der Waals surface area contributed by atoms with Crippen molar-refractivity contribution in [2.45, 2.75) is 17.9 Å². The summed E-state index contributed by atoms with van der Waals surface area (Å²) in [6, 6.07) is 14.8. The first-order valence-corrected chi connectivity index (χ1v) is 12.4. The summed E-state index contributed by atoms with van der Waals surface area (Å²) < 4.78 is 0. The van der Waals surface area contributed by atoms with Crippen molar-refractivity contribution < 1.29 is 9.59 Å². The normalized spacial score (nSPS) is 13.2. The van der Waals surface area contributed by atoms with Crippen molar-refractivity contribution in [2.24, 2.45) is 0 Å². The second-order valence-electron chi connectivity index (χ2n) is 7.38. The van der Waals surface area contributed by atoms with Gasteiger partial charge in [-0.15, -0.1) is 23.1 Å². The maximum absolute atomic E-state index is 12.5. The first-order chi connectivity index (χ1) is 15.6. The van der Waals surface area contributed by atoms with Crippen LogP contribution in [0.15, 0.2) is 65.3 Å². The minimum absolute atomic E-state index is 0.193. The number of unbranched alkanes of at least 4 members (excludes halogenated alkanes) is 1. The van der Waals surface area contributed by atoms with E-state index in [1.165, 1.54) is 4.90 Å². The molecule has 0 fully saturated rings. The Morgan fingerprint density at radius 3 is 2.34 bits per heavy atom. The Morgan fingerprint density at radius 2 is 1.62 bits per heavy atom. The van der Waals surface area contributed by atoms with Gasteiger partial charge in [0.25, 0.3) is 11.8 Å². The maximum atomic E-state index is 12.5. The third kappa shape index (κ3) is 3.92. The number of hydrogen-bond donors (Lipinski definition) is 0. The molecule has 1 aliphatic rings. The number of carbonyl (C=O) groups excluding carboxylic acids is 2. The fraction of sp³-hybridized carbons (Fsp3) is 0.167. The van der Waals surface area contributed by atoms with Gasteiger partial charge in [0.15, 0.2) is 0 Å². The van der Waals surface area contributed by atoms with E-state index in [1.807, 2.05) is 24.3 Å². The van der Waals surface area contributed by atoms with Gasteiger partial charge >= 0.3 is 0 Å². The predicted octanol–water partition coefficient (Wildman–Crippen LogP) is 6.18. The highest BCUT2D eigenvalue weighted by Crippen LogP contribution is 2.38. The third-order valence-corrected chi connectivity index (χ3v) is 7.60. The van der Waals surface area contributed by atoms with Gasteiger partial charge in [-0.1, -0.05) is 35.9 Å². The average Bonchev–Trinajstić information content (AvgIpc) is 3.35. The lowest BCUT2D eigenvalue weighted by Gasteiger charge is -2.13. The molecule has 0 spiro atoms. The molecule has 2 aromatic heterocycles. The predicted molar refractivity (Wildman–Crippen MR) is 130 cm³/mol. The van der Waals surface area contributed by atoms with Crippen LogP contribution >= 0.6 is 34.7 Å². The van der Waals surface area contributed by atoms with Crippen molar-refractivity contribution in [3.8, 4) is 11.1 Å². The Bertz CT molecular complexity index is 1290. The number of halogens is 1. The molecule has 0 aliphatic carbocycles. The smallest absolute Gasteiger partial charge is 0.261 e. The van der Waals surface area contributed by atoms with Crippen LogP contribution in [0.1, 0.15) is 33.6 Å². The van der Waals surface area contributed by atoms with Crippen LogP contribution < -0.4 is 0 Å². The van der Waals surface area contributed by atoms with Crippen molar-refractivity contribution in [1.29, 1.82) is 0 Å². The summed E-state index contributed by atoms with van der Waals surface area (Å²) in [7, 11) is 0. The molecule has 2 amide bonds. The molecule has 0 atom stereocenters. The molecule has 0 unspecified atom stereocenters. The summed E-state index contributed by atoms with van der Waals surface area (Å²) in [4.78, 5) is 36.2. The minimum Gasteiger partial charge on any atom is -0.274 e. The van der Waals surface area contributed by atoms with Gasteiger partial charge in [0, 0.05) is 22.5 Å². The quantitative estimate of drug-likeness (QED) is 0.137. The number of carbonyl (C=O) groups is 2. The third-order valence-electron chi connectivity index (χ3n) is 5.38. The van der Waals surface area contributed by atoms with Crippen LogP contribution in [0.25, 0.3) is 21.3 Å². The summed E-state index contributed by atoms with van der Waals surface area (Å²) >= 11 is 9.32. The van der Waals surface area contributed by atoms with E-state index in [0.717, 1.165) is 45.0 Å². The number of thioether (sulfide) groups is 1. The van der Waals surface area contributed by atoms with Crippen molar-refractivity contribution in [1.82, 2.24) is 14.9 Å². The molecule has 0 saturated carbocycles. The molecule has 0 bridgehead atoms. The standard InChI is InChI=1S/C24H18ClN3O2S2/c25-16-9-7-15(8-10-16)19-13-32-22-20(19)21(26-14-27-22)31-12-4-3-11-28-23(29)17-5-1-2-6-18(17)24(28)30/h1-2,5-10,13-14H,3-4,11-12H2. The zero-order valence-corrected chi connectivity index (χ0v) is 19.3. The number of fused-ring (bicyclic) bond motifs is 2. The average molecular weight is 480 g/mol. The molecular weight excluding hydrogens is 462 g/mol. The van der Waals surface area contributed by atoms with Crippen LogP contribution in [-0.2, 0) is 0 Å². The zero-order valence-electron chi connectivity index (χ0n) is 17.0. The number of rotatable bonds is 7. The summed E-state index contributed by atoms with van der Waals surface area (Å²) in [5, 5.41) is 4.82. The number of aromatic nitrogens is 2. The first kappa shape index (κ1) is 21.1. The van der Waals surface area contributed by atoms with Crippen molar-refractivity contribution in [3.05, 3.63) is 76.4 Å². The zero-order chi connectivity index (χ0) is 22.1. The van der Waals surface area contributed by atoms with Gasteiger partial charge in [0.05, 0.1) is 16.5 Å². The Kier molecular flexibility index (Phi) is 5.95. The van der Waals surface area contributed by atoms with Gasteiger partial charge in [-0.05, 0) is 48.4 Å². The number of benzene rings is 2. The first-order valence-electron chi connectivity index (χ1n) is 10.2. The molecule has 0 saturated heterocycles. The van der Waals surface area contributed by atoms with Gasteiger partial charge < -0.3 is 0 Å². The lowest BCUT2D eigenvalue weighted by molar-refractivity contribution is 0.0652. The Hall–Kier alpha value is -2.74. The number of thiophene rings is 1. The molecular formula is C24H18ClN3O2S2. The fourth-order valence-corrected chi connectivity index (χ4v) is 5.90. The van der Waals surface area contributed by atoms with Gasteiger partial charge in [-0.25, -0.2) is 9.97 Å². The minimum atomic E-state index is -0.193. The maximum Gasteiger partial charge on any atom is 0.261 e. The van der Waals surface area contributed by atoms with E-state index in [1.54, 1.807) is 53.7 Å². The van der Waals surface area contributed by atoms with E-state index in [2.05, 4.69) is 15.3 Å². The molecule has 0 N–H and O–H groups in total. The Morgan fingerprint density at radius 1 is 0.906 bits per heavy atom. The van der Waals surface area contributed by atoms with Crippen LogP contribution in [0.3, 0.4) is 0 Å². The van der Waals surface area contributed by atoms with Gasteiger partial charge in [0.2, 0.25) is 0 Å². The molecule has 8 heteroatoms. The Balaban J connectivity index is 1.23. The summed E-state index contributed by atoms with van der Waals surface area (Å²) in [6.07, 6.45) is 3.22. The van der Waals surface area contributed by atoms with Crippen molar-refractivity contribution in [3.63, 3.8) is 0 Å². The number of nitrogens with zero attached hydrogens (tertiary/aromatic N) is 3. The summed E-state index contributed by atoms with van der Waals surface area (Å²) in [6.45, 7) is 0.431. The van der Waals surface area contributed by atoms with E-state index in [0.29, 0.717) is 22.7 Å². The van der Waals surface area contributed by atoms with E-state index >= 15 is 0 Å². The SMILES string of the molecule is O=C1c2ccccc2C(=O)N1CCCCSc1ncnc2scc(-c3ccc(Cl)cc3)c12. The van der Waals surface area contributed by atoms with Crippen LogP contribution in [0.4, 0.5) is 0 Å². The van der Waals surface area contributed by atoms with Gasteiger partial charge in [-0.2, -0.15) is 0 Å². The van der Waals surface area contributed by atoms with E-state index in [4.69, 9.17) is 11.6 Å². The largest absolute Gasteiger partial charge is 0.274 e. The van der Waals surface area contributed by atoms with E-state index < -0.39 is 0 Å². The molecule has 32 heavy (non-hydrogen) atoms. The second-order valence-corrected chi connectivity index (χ2v) is 9.76.